The lowest BCUT2D eigenvalue weighted by molar-refractivity contribution is -0.144. The van der Waals surface area contributed by atoms with Gasteiger partial charge in [0.1, 0.15) is 17.9 Å². The van der Waals surface area contributed by atoms with Crippen LogP contribution in [0, 0.1) is 25.2 Å². The van der Waals surface area contributed by atoms with Gasteiger partial charge in [0.25, 0.3) is 0 Å². The molecule has 1 aliphatic rings. The van der Waals surface area contributed by atoms with E-state index in [1.165, 1.54) is 0 Å². The van der Waals surface area contributed by atoms with Crippen molar-refractivity contribution in [3.63, 3.8) is 0 Å². The van der Waals surface area contributed by atoms with Crippen LogP contribution >= 0.6 is 0 Å². The first kappa shape index (κ1) is 16.3. The number of likely N-dealkylation sites (tertiary alicyclic amines) is 1. The van der Waals surface area contributed by atoms with Gasteiger partial charge in [-0.25, -0.2) is 0 Å². The molecule has 1 heterocycles. The maximum atomic E-state index is 11.4. The number of carboxylic acid groups (broad SMARTS) is 1. The number of hydrogen-bond donors (Lipinski definition) is 1. The van der Waals surface area contributed by atoms with Crippen molar-refractivity contribution in [2.45, 2.75) is 45.7 Å². The lowest BCUT2D eigenvalue weighted by Gasteiger charge is -2.33. The molecule has 0 aliphatic carbocycles. The van der Waals surface area contributed by atoms with Gasteiger partial charge < -0.3 is 9.84 Å². The minimum atomic E-state index is -0.761. The molecule has 0 saturated carbocycles. The van der Waals surface area contributed by atoms with Gasteiger partial charge in [-0.1, -0.05) is 12.5 Å². The summed E-state index contributed by atoms with van der Waals surface area (Å²) in [4.78, 5) is 13.4. The summed E-state index contributed by atoms with van der Waals surface area (Å²) in [5.41, 5.74) is 3.19. The molecule has 0 unspecified atom stereocenters. The normalized spacial score (nSPS) is 18.7. The van der Waals surface area contributed by atoms with E-state index in [0.717, 1.165) is 36.1 Å². The lowest BCUT2D eigenvalue weighted by Crippen LogP contribution is -2.44. The van der Waals surface area contributed by atoms with Crippen molar-refractivity contribution < 1.29 is 14.6 Å². The molecule has 0 aromatic heterocycles. The van der Waals surface area contributed by atoms with Crippen LogP contribution in [0.5, 0.6) is 5.75 Å². The fraction of sp³-hybridized carbons (Fsp3) is 0.529. The standard InChI is InChI=1S/C17H22N2O3/c1-12-9-14(16(10-13(12)2)22-8-6-18)11-19-7-4-3-5-15(19)17(20)21/h9-10,15H,3-5,7-8,11H2,1-2H3,(H,20,21)/t15-/m0/s1. The third kappa shape index (κ3) is 3.77. The highest BCUT2D eigenvalue weighted by atomic mass is 16.5. The number of nitriles is 1. The Morgan fingerprint density at radius 3 is 2.82 bits per heavy atom. The van der Waals surface area contributed by atoms with Crippen LogP contribution < -0.4 is 4.74 Å². The molecule has 0 bridgehead atoms. The first-order valence-electron chi connectivity index (χ1n) is 7.59. The van der Waals surface area contributed by atoms with Gasteiger partial charge in [0.05, 0.1) is 0 Å². The monoisotopic (exact) mass is 302 g/mol. The van der Waals surface area contributed by atoms with E-state index < -0.39 is 12.0 Å². The molecule has 5 heteroatoms. The zero-order valence-electron chi connectivity index (χ0n) is 13.1. The summed E-state index contributed by atoms with van der Waals surface area (Å²) in [5, 5.41) is 18.1. The minimum absolute atomic E-state index is 0.00212. The molecule has 22 heavy (non-hydrogen) atoms. The van der Waals surface area contributed by atoms with E-state index in [0.29, 0.717) is 18.7 Å². The number of piperidine rings is 1. The molecule has 1 aromatic rings. The number of ether oxygens (including phenoxy) is 1. The average Bonchev–Trinajstić information content (AvgIpc) is 2.49. The van der Waals surface area contributed by atoms with E-state index in [1.54, 1.807) is 0 Å². The molecule has 2 rings (SSSR count). The molecule has 118 valence electrons. The second-order valence-corrected chi connectivity index (χ2v) is 5.81. The van der Waals surface area contributed by atoms with Crippen LogP contribution in [0.1, 0.15) is 36.0 Å². The molecule has 1 fully saturated rings. The third-order valence-electron chi connectivity index (χ3n) is 4.24. The van der Waals surface area contributed by atoms with E-state index in [9.17, 15) is 9.90 Å². The van der Waals surface area contributed by atoms with E-state index in [2.05, 4.69) is 0 Å². The number of benzene rings is 1. The SMILES string of the molecule is Cc1cc(CN2CCCC[C@H]2C(=O)O)c(OCC#N)cc1C. The van der Waals surface area contributed by atoms with Gasteiger partial charge in [-0.2, -0.15) is 5.26 Å². The summed E-state index contributed by atoms with van der Waals surface area (Å²) in [6, 6.07) is 5.52. The zero-order valence-corrected chi connectivity index (χ0v) is 13.1. The molecule has 1 aromatic carbocycles. The van der Waals surface area contributed by atoms with E-state index in [4.69, 9.17) is 10.00 Å². The van der Waals surface area contributed by atoms with Crippen molar-refractivity contribution in [1.82, 2.24) is 4.90 Å². The topological polar surface area (TPSA) is 73.6 Å². The van der Waals surface area contributed by atoms with Crippen LogP contribution in [-0.4, -0.2) is 35.2 Å². The first-order chi connectivity index (χ1) is 10.5. The second-order valence-electron chi connectivity index (χ2n) is 5.81. The van der Waals surface area contributed by atoms with E-state index >= 15 is 0 Å². The van der Waals surface area contributed by atoms with Crippen LogP contribution in [0.15, 0.2) is 12.1 Å². The van der Waals surface area contributed by atoms with Gasteiger partial charge in [0, 0.05) is 12.1 Å². The molecule has 0 amide bonds. The fourth-order valence-electron chi connectivity index (χ4n) is 2.90. The third-order valence-corrected chi connectivity index (χ3v) is 4.24. The van der Waals surface area contributed by atoms with Gasteiger partial charge in [-0.15, -0.1) is 0 Å². The van der Waals surface area contributed by atoms with Gasteiger partial charge >= 0.3 is 5.97 Å². The highest BCUT2D eigenvalue weighted by Crippen LogP contribution is 2.27. The molecule has 5 nitrogen and oxygen atoms in total. The molecular weight excluding hydrogens is 280 g/mol. The number of nitrogens with zero attached hydrogens (tertiary/aromatic N) is 2. The summed E-state index contributed by atoms with van der Waals surface area (Å²) in [5.74, 6) is -0.0811. The van der Waals surface area contributed by atoms with Crippen LogP contribution in [0.4, 0.5) is 0 Å². The Balaban J connectivity index is 2.24. The van der Waals surface area contributed by atoms with Crippen molar-refractivity contribution in [3.05, 3.63) is 28.8 Å². The summed E-state index contributed by atoms with van der Waals surface area (Å²) >= 11 is 0. The number of rotatable bonds is 5. The maximum Gasteiger partial charge on any atom is 0.320 e. The quantitative estimate of drug-likeness (QED) is 0.905. The number of aryl methyl sites for hydroxylation is 2. The Labute approximate surface area is 131 Å². The van der Waals surface area contributed by atoms with Crippen LogP contribution in [-0.2, 0) is 11.3 Å². The Hall–Kier alpha value is -2.06. The Morgan fingerprint density at radius 1 is 1.41 bits per heavy atom. The lowest BCUT2D eigenvalue weighted by atomic mass is 9.99. The van der Waals surface area contributed by atoms with Crippen molar-refractivity contribution in [2.75, 3.05) is 13.2 Å². The van der Waals surface area contributed by atoms with Crippen LogP contribution in [0.2, 0.25) is 0 Å². The predicted octanol–water partition coefficient (Wildman–Crippen LogP) is 2.64. The molecule has 1 aliphatic heterocycles. The van der Waals surface area contributed by atoms with Crippen molar-refractivity contribution in [1.29, 1.82) is 5.26 Å². The van der Waals surface area contributed by atoms with Crippen molar-refractivity contribution >= 4 is 5.97 Å². The summed E-state index contributed by atoms with van der Waals surface area (Å²) < 4.78 is 5.52. The molecule has 0 spiro atoms. The van der Waals surface area contributed by atoms with Gasteiger partial charge in [0.15, 0.2) is 6.61 Å². The summed E-state index contributed by atoms with van der Waals surface area (Å²) in [7, 11) is 0. The number of aliphatic carboxylic acids is 1. The summed E-state index contributed by atoms with van der Waals surface area (Å²) in [6.45, 7) is 5.34. The Kier molecular flexibility index (Phi) is 5.40. The number of carbonyl (C=O) groups is 1. The first-order valence-corrected chi connectivity index (χ1v) is 7.59. The zero-order chi connectivity index (χ0) is 16.1. The molecule has 1 atom stereocenters. The van der Waals surface area contributed by atoms with Crippen LogP contribution in [0.25, 0.3) is 0 Å². The Morgan fingerprint density at radius 2 is 2.14 bits per heavy atom. The van der Waals surface area contributed by atoms with Gasteiger partial charge in [-0.3, -0.25) is 9.69 Å². The maximum absolute atomic E-state index is 11.4. The highest BCUT2D eigenvalue weighted by Gasteiger charge is 2.29. The summed E-state index contributed by atoms with van der Waals surface area (Å²) in [6.07, 6.45) is 2.66. The fourth-order valence-corrected chi connectivity index (χ4v) is 2.90. The van der Waals surface area contributed by atoms with Crippen molar-refractivity contribution in [2.24, 2.45) is 0 Å². The van der Waals surface area contributed by atoms with Crippen molar-refractivity contribution in [3.8, 4) is 11.8 Å². The van der Waals surface area contributed by atoms with E-state index in [1.807, 2.05) is 36.9 Å². The largest absolute Gasteiger partial charge is 0.480 e. The van der Waals surface area contributed by atoms with E-state index in [-0.39, 0.29) is 6.61 Å². The molecular formula is C17H22N2O3. The minimum Gasteiger partial charge on any atom is -0.480 e. The van der Waals surface area contributed by atoms with Gasteiger partial charge in [0.2, 0.25) is 0 Å². The Bertz CT molecular complexity index is 592. The van der Waals surface area contributed by atoms with Crippen LogP contribution in [0.3, 0.4) is 0 Å². The average molecular weight is 302 g/mol. The predicted molar refractivity (Wildman–Crippen MR) is 82.7 cm³/mol. The second kappa shape index (κ2) is 7.28. The number of hydrogen-bond acceptors (Lipinski definition) is 4. The highest BCUT2D eigenvalue weighted by molar-refractivity contribution is 5.73. The molecule has 0 radical (unpaired) electrons. The molecule has 1 saturated heterocycles. The molecule has 1 N–H and O–H groups in total. The smallest absolute Gasteiger partial charge is 0.320 e. The number of carboxylic acids is 1. The van der Waals surface area contributed by atoms with Gasteiger partial charge in [-0.05, 0) is 50.4 Å².